The fourth-order valence-electron chi connectivity index (χ4n) is 2.14. The van der Waals surface area contributed by atoms with Gasteiger partial charge in [-0.2, -0.15) is 5.26 Å². The van der Waals surface area contributed by atoms with Crippen molar-refractivity contribution < 1.29 is 0 Å². The fourth-order valence-corrected chi connectivity index (χ4v) is 5.63. The van der Waals surface area contributed by atoms with Crippen LogP contribution in [0.15, 0.2) is 0 Å². The lowest BCUT2D eigenvalue weighted by Gasteiger charge is -2.28. The maximum atomic E-state index is 8.38. The van der Waals surface area contributed by atoms with Crippen LogP contribution in [0.1, 0.15) is 33.6 Å². The summed E-state index contributed by atoms with van der Waals surface area (Å²) in [6.45, 7) is 9.04. The number of rotatable bonds is 9. The maximum absolute atomic E-state index is 8.38. The van der Waals surface area contributed by atoms with Crippen LogP contribution >= 0.6 is 0 Å². The monoisotopic (exact) mass is 226 g/mol. The van der Waals surface area contributed by atoms with Crippen LogP contribution in [-0.4, -0.2) is 21.2 Å². The number of nitriles is 1. The molecule has 0 aliphatic heterocycles. The van der Waals surface area contributed by atoms with Gasteiger partial charge in [-0.3, -0.25) is 0 Å². The van der Waals surface area contributed by atoms with Crippen LogP contribution < -0.4 is 5.32 Å². The van der Waals surface area contributed by atoms with E-state index in [2.05, 4.69) is 32.2 Å². The highest BCUT2D eigenvalue weighted by Gasteiger charge is 2.25. The molecule has 0 bridgehead atoms. The highest BCUT2D eigenvalue weighted by molar-refractivity contribution is 6.79. The molecule has 3 heteroatoms. The fraction of sp³-hybridized carbons (Fsp3) is 0.917. The van der Waals surface area contributed by atoms with E-state index in [0.29, 0.717) is 6.42 Å². The first-order valence-corrected chi connectivity index (χ1v) is 9.15. The zero-order valence-corrected chi connectivity index (χ0v) is 11.6. The highest BCUT2D eigenvalue weighted by Crippen LogP contribution is 2.26. The van der Waals surface area contributed by atoms with Crippen molar-refractivity contribution in [1.82, 2.24) is 5.32 Å². The lowest BCUT2D eigenvalue weighted by Crippen LogP contribution is -2.32. The van der Waals surface area contributed by atoms with Gasteiger partial charge in [-0.25, -0.2) is 0 Å². The van der Waals surface area contributed by atoms with E-state index in [-0.39, 0.29) is 0 Å². The van der Waals surface area contributed by atoms with Crippen LogP contribution in [0.2, 0.25) is 24.2 Å². The topological polar surface area (TPSA) is 35.8 Å². The first kappa shape index (κ1) is 14.7. The summed E-state index contributed by atoms with van der Waals surface area (Å²) in [5, 5.41) is 11.7. The molecule has 15 heavy (non-hydrogen) atoms. The molecule has 0 aromatic rings. The van der Waals surface area contributed by atoms with Gasteiger partial charge >= 0.3 is 0 Å². The molecule has 0 rings (SSSR count). The molecule has 0 aliphatic carbocycles. The molecule has 0 saturated carbocycles. The molecule has 0 fully saturated rings. The molecular formula is C12H26N2Si. The normalized spacial score (nSPS) is 11.3. The largest absolute Gasteiger partial charge is 0.316 e. The molecule has 0 aromatic heterocycles. The van der Waals surface area contributed by atoms with E-state index in [9.17, 15) is 0 Å². The number of hydrogen-bond acceptors (Lipinski definition) is 2. The van der Waals surface area contributed by atoms with Crippen molar-refractivity contribution in [2.45, 2.75) is 57.8 Å². The smallest absolute Gasteiger partial charge is 0.0635 e. The Labute approximate surface area is 96.1 Å². The van der Waals surface area contributed by atoms with Gasteiger partial charge in [0.25, 0.3) is 0 Å². The van der Waals surface area contributed by atoms with Gasteiger partial charge in [-0.15, -0.1) is 0 Å². The highest BCUT2D eigenvalue weighted by atomic mass is 28.3. The second-order valence-corrected chi connectivity index (χ2v) is 9.94. The lowest BCUT2D eigenvalue weighted by molar-refractivity contribution is 0.675. The molecule has 0 aliphatic rings. The van der Waals surface area contributed by atoms with Gasteiger partial charge in [-0.05, 0) is 13.0 Å². The van der Waals surface area contributed by atoms with Crippen molar-refractivity contribution >= 4 is 8.07 Å². The minimum atomic E-state index is -0.891. The van der Waals surface area contributed by atoms with Gasteiger partial charge in [0.05, 0.1) is 14.1 Å². The Morgan fingerprint density at radius 3 is 2.13 bits per heavy atom. The SMILES string of the molecule is CC[Si](CC)(CC)CCCNCCC#N. The maximum Gasteiger partial charge on any atom is 0.0635 e. The average molecular weight is 226 g/mol. The van der Waals surface area contributed by atoms with Crippen LogP contribution in [0.5, 0.6) is 0 Å². The molecule has 0 atom stereocenters. The van der Waals surface area contributed by atoms with Crippen molar-refractivity contribution in [3.63, 3.8) is 0 Å². The molecular weight excluding hydrogens is 200 g/mol. The third-order valence-electron chi connectivity index (χ3n) is 3.72. The van der Waals surface area contributed by atoms with Crippen molar-refractivity contribution in [3.8, 4) is 6.07 Å². The minimum Gasteiger partial charge on any atom is -0.316 e. The molecule has 2 nitrogen and oxygen atoms in total. The lowest BCUT2D eigenvalue weighted by atomic mass is 10.4. The summed E-state index contributed by atoms with van der Waals surface area (Å²) >= 11 is 0. The van der Waals surface area contributed by atoms with Crippen LogP contribution in [0.4, 0.5) is 0 Å². The predicted molar refractivity (Wildman–Crippen MR) is 69.7 cm³/mol. The molecule has 88 valence electrons. The summed E-state index contributed by atoms with van der Waals surface area (Å²) in [6.07, 6.45) is 1.94. The quantitative estimate of drug-likeness (QED) is 0.483. The van der Waals surface area contributed by atoms with Gasteiger partial charge in [0.2, 0.25) is 0 Å². The summed E-state index contributed by atoms with van der Waals surface area (Å²) in [5.74, 6) is 0. The number of nitrogens with zero attached hydrogens (tertiary/aromatic N) is 1. The van der Waals surface area contributed by atoms with Crippen LogP contribution in [0.3, 0.4) is 0 Å². The summed E-state index contributed by atoms with van der Waals surface area (Å²) in [6, 6.07) is 7.90. The van der Waals surface area contributed by atoms with Crippen molar-refractivity contribution in [2.24, 2.45) is 0 Å². The van der Waals surface area contributed by atoms with Gasteiger partial charge in [0, 0.05) is 13.0 Å². The average Bonchev–Trinajstić information content (AvgIpc) is 2.29. The van der Waals surface area contributed by atoms with E-state index >= 15 is 0 Å². The molecule has 0 saturated heterocycles. The second-order valence-electron chi connectivity index (χ2n) is 4.32. The molecule has 0 unspecified atom stereocenters. The zero-order valence-electron chi connectivity index (χ0n) is 10.6. The van der Waals surface area contributed by atoms with Crippen LogP contribution in [0.25, 0.3) is 0 Å². The molecule has 1 N–H and O–H groups in total. The Bertz CT molecular complexity index is 174. The Morgan fingerprint density at radius 1 is 1.07 bits per heavy atom. The summed E-state index contributed by atoms with van der Waals surface area (Å²) < 4.78 is 0. The van der Waals surface area contributed by atoms with Gasteiger partial charge < -0.3 is 5.32 Å². The van der Waals surface area contributed by atoms with Gasteiger partial charge in [-0.1, -0.05) is 44.9 Å². The molecule has 0 heterocycles. The predicted octanol–water partition coefficient (Wildman–Crippen LogP) is 3.39. The summed E-state index contributed by atoms with van der Waals surface area (Å²) in [5.41, 5.74) is 0. The van der Waals surface area contributed by atoms with E-state index < -0.39 is 8.07 Å². The zero-order chi connectivity index (χ0) is 11.6. The Kier molecular flexibility index (Phi) is 8.74. The third kappa shape index (κ3) is 5.96. The number of hydrogen-bond donors (Lipinski definition) is 1. The number of nitrogens with one attached hydrogen (secondary N) is 1. The Hall–Kier alpha value is -0.333. The van der Waals surface area contributed by atoms with E-state index in [4.69, 9.17) is 5.26 Å². The summed E-state index contributed by atoms with van der Waals surface area (Å²) in [7, 11) is -0.891. The molecule has 0 spiro atoms. The minimum absolute atomic E-state index is 0.637. The van der Waals surface area contributed by atoms with Crippen LogP contribution in [0, 0.1) is 11.3 Å². The van der Waals surface area contributed by atoms with E-state index in [1.165, 1.54) is 30.6 Å². The first-order valence-electron chi connectivity index (χ1n) is 6.32. The van der Waals surface area contributed by atoms with Crippen molar-refractivity contribution in [1.29, 1.82) is 5.26 Å². The van der Waals surface area contributed by atoms with Gasteiger partial charge in [0.1, 0.15) is 0 Å². The van der Waals surface area contributed by atoms with Crippen molar-refractivity contribution in [2.75, 3.05) is 13.1 Å². The third-order valence-corrected chi connectivity index (χ3v) is 9.64. The summed E-state index contributed by atoms with van der Waals surface area (Å²) in [4.78, 5) is 0. The van der Waals surface area contributed by atoms with E-state index in [1.54, 1.807) is 0 Å². The van der Waals surface area contributed by atoms with E-state index in [0.717, 1.165) is 13.1 Å². The Morgan fingerprint density at radius 2 is 1.67 bits per heavy atom. The molecule has 0 radical (unpaired) electrons. The van der Waals surface area contributed by atoms with E-state index in [1.807, 2.05) is 0 Å². The second kappa shape index (κ2) is 8.93. The van der Waals surface area contributed by atoms with Gasteiger partial charge in [0.15, 0.2) is 0 Å². The molecule has 0 aromatic carbocycles. The van der Waals surface area contributed by atoms with Crippen molar-refractivity contribution in [3.05, 3.63) is 0 Å². The standard InChI is InChI=1S/C12H26N2Si/c1-4-15(5-2,6-3)12-8-11-14-10-7-9-13/h14H,4-8,10-12H2,1-3H3. The first-order chi connectivity index (χ1) is 7.24. The Balaban J connectivity index is 3.59. The van der Waals surface area contributed by atoms with Crippen LogP contribution in [-0.2, 0) is 0 Å². The molecule has 0 amide bonds.